The Balaban J connectivity index is 2.15. The van der Waals surface area contributed by atoms with Crippen LogP contribution in [0.25, 0.3) is 0 Å². The van der Waals surface area contributed by atoms with E-state index in [1.807, 2.05) is 43.3 Å². The highest BCUT2D eigenvalue weighted by Crippen LogP contribution is 2.21. The lowest BCUT2D eigenvalue weighted by molar-refractivity contribution is -0.141. The van der Waals surface area contributed by atoms with Gasteiger partial charge in [0.05, 0.1) is 6.04 Å². The van der Waals surface area contributed by atoms with Gasteiger partial charge in [0.25, 0.3) is 0 Å². The van der Waals surface area contributed by atoms with E-state index < -0.39 is 11.9 Å². The number of nitrogens with zero attached hydrogens (tertiary/aromatic N) is 2. The predicted molar refractivity (Wildman–Crippen MR) is 89.3 cm³/mol. The Morgan fingerprint density at radius 2 is 2.00 bits per heavy atom. The Morgan fingerprint density at radius 1 is 1.36 bits per heavy atom. The molecule has 1 fully saturated rings. The lowest BCUT2D eigenvalue weighted by atomic mass is 10.0. The molecule has 0 radical (unpaired) electrons. The summed E-state index contributed by atoms with van der Waals surface area (Å²) in [5.74, 6) is -0.429. The van der Waals surface area contributed by atoms with E-state index in [-0.39, 0.29) is 11.9 Å². The fourth-order valence-corrected chi connectivity index (χ4v) is 3.12. The van der Waals surface area contributed by atoms with Gasteiger partial charge in [-0.3, -0.25) is 14.5 Å². The second-order valence-electron chi connectivity index (χ2n) is 5.90. The third-order valence-electron chi connectivity index (χ3n) is 4.12. The molecule has 2 N–H and O–H groups in total. The number of rotatable bonds is 5. The zero-order valence-electron chi connectivity index (χ0n) is 13.0. The number of primary amides is 1. The fourth-order valence-electron chi connectivity index (χ4n) is 2.85. The van der Waals surface area contributed by atoms with Crippen molar-refractivity contribution in [2.45, 2.75) is 31.3 Å². The molecule has 22 heavy (non-hydrogen) atoms. The summed E-state index contributed by atoms with van der Waals surface area (Å²) in [6.45, 7) is 0.608. The fraction of sp³-hybridized carbons (Fsp3) is 0.500. The van der Waals surface area contributed by atoms with Gasteiger partial charge < -0.3 is 10.6 Å². The number of nitrogens with two attached hydrogens (primary N) is 1. The van der Waals surface area contributed by atoms with Crippen LogP contribution in [0, 0.1) is 0 Å². The summed E-state index contributed by atoms with van der Waals surface area (Å²) < 4.78 is 1.01. The van der Waals surface area contributed by atoms with Crippen LogP contribution in [0.3, 0.4) is 0 Å². The van der Waals surface area contributed by atoms with Gasteiger partial charge in [0.2, 0.25) is 11.8 Å². The number of carbonyl (C=O) groups is 2. The van der Waals surface area contributed by atoms with Gasteiger partial charge in [-0.25, -0.2) is 0 Å². The Kier molecular flexibility index (Phi) is 5.58. The molecule has 0 spiro atoms. The number of hydrogen-bond acceptors (Lipinski definition) is 3. The average Bonchev–Trinajstić information content (AvgIpc) is 2.95. The molecule has 0 aromatic heterocycles. The van der Waals surface area contributed by atoms with Crippen LogP contribution in [-0.4, -0.2) is 54.3 Å². The van der Waals surface area contributed by atoms with Crippen LogP contribution < -0.4 is 5.73 Å². The van der Waals surface area contributed by atoms with E-state index in [1.165, 1.54) is 0 Å². The molecule has 2 atom stereocenters. The largest absolute Gasteiger partial charge is 0.368 e. The van der Waals surface area contributed by atoms with Crippen LogP contribution in [0.1, 0.15) is 18.4 Å². The SMILES string of the molecule is CN(C)C(Cc1ccc(Br)cc1)C(=O)N1CCCC1C(N)=O. The van der Waals surface area contributed by atoms with Crippen molar-refractivity contribution in [2.24, 2.45) is 5.73 Å². The molecular weight excluding hydrogens is 346 g/mol. The summed E-state index contributed by atoms with van der Waals surface area (Å²) >= 11 is 3.41. The monoisotopic (exact) mass is 367 g/mol. The molecule has 0 bridgehead atoms. The van der Waals surface area contributed by atoms with Crippen molar-refractivity contribution in [1.82, 2.24) is 9.80 Å². The molecule has 1 aromatic rings. The Hall–Kier alpha value is -1.40. The van der Waals surface area contributed by atoms with Crippen LogP contribution in [0.5, 0.6) is 0 Å². The zero-order valence-corrected chi connectivity index (χ0v) is 14.5. The minimum atomic E-state index is -0.458. The highest BCUT2D eigenvalue weighted by atomic mass is 79.9. The maximum atomic E-state index is 12.8. The van der Waals surface area contributed by atoms with Crippen molar-refractivity contribution in [3.63, 3.8) is 0 Å². The highest BCUT2D eigenvalue weighted by molar-refractivity contribution is 9.10. The summed E-state index contributed by atoms with van der Waals surface area (Å²) in [4.78, 5) is 27.9. The molecule has 2 amide bonds. The van der Waals surface area contributed by atoms with Crippen molar-refractivity contribution < 1.29 is 9.59 Å². The molecule has 5 nitrogen and oxygen atoms in total. The quantitative estimate of drug-likeness (QED) is 0.855. The second-order valence-corrected chi connectivity index (χ2v) is 6.82. The maximum Gasteiger partial charge on any atom is 0.240 e. The molecule has 2 rings (SSSR count). The summed E-state index contributed by atoms with van der Waals surface area (Å²) in [6, 6.07) is 7.19. The van der Waals surface area contributed by atoms with Crippen molar-refractivity contribution in [1.29, 1.82) is 0 Å². The summed E-state index contributed by atoms with van der Waals surface area (Å²) in [7, 11) is 3.77. The number of hydrogen-bond donors (Lipinski definition) is 1. The van der Waals surface area contributed by atoms with Gasteiger partial charge in [0.15, 0.2) is 0 Å². The van der Waals surface area contributed by atoms with Crippen LogP contribution in [0.15, 0.2) is 28.7 Å². The van der Waals surface area contributed by atoms with Gasteiger partial charge in [-0.05, 0) is 51.1 Å². The van der Waals surface area contributed by atoms with Gasteiger partial charge in [0.1, 0.15) is 6.04 Å². The van der Waals surface area contributed by atoms with Crippen molar-refractivity contribution in [2.75, 3.05) is 20.6 Å². The van der Waals surface area contributed by atoms with Crippen LogP contribution in [0.2, 0.25) is 0 Å². The van der Waals surface area contributed by atoms with Gasteiger partial charge in [-0.2, -0.15) is 0 Å². The zero-order chi connectivity index (χ0) is 16.3. The lowest BCUT2D eigenvalue weighted by Gasteiger charge is -2.30. The Bertz CT molecular complexity index is 545. The number of benzene rings is 1. The van der Waals surface area contributed by atoms with Crippen molar-refractivity contribution in [3.05, 3.63) is 34.3 Å². The van der Waals surface area contributed by atoms with E-state index >= 15 is 0 Å². The number of carbonyl (C=O) groups excluding carboxylic acids is 2. The Labute approximate surface area is 139 Å². The molecule has 1 aliphatic rings. The van der Waals surface area contributed by atoms with Gasteiger partial charge in [-0.15, -0.1) is 0 Å². The third kappa shape index (κ3) is 3.87. The molecule has 2 unspecified atom stereocenters. The third-order valence-corrected chi connectivity index (χ3v) is 4.64. The van der Waals surface area contributed by atoms with E-state index in [0.717, 1.165) is 16.5 Å². The van der Waals surface area contributed by atoms with E-state index in [4.69, 9.17) is 5.73 Å². The molecule has 120 valence electrons. The van der Waals surface area contributed by atoms with Crippen molar-refractivity contribution in [3.8, 4) is 0 Å². The molecule has 1 aromatic carbocycles. The summed E-state index contributed by atoms with van der Waals surface area (Å²) in [5.41, 5.74) is 6.51. The molecule has 0 aliphatic carbocycles. The van der Waals surface area contributed by atoms with Crippen molar-refractivity contribution >= 4 is 27.7 Å². The average molecular weight is 368 g/mol. The number of amides is 2. The van der Waals surface area contributed by atoms with Crippen LogP contribution >= 0.6 is 15.9 Å². The first kappa shape index (κ1) is 17.0. The summed E-state index contributed by atoms with van der Waals surface area (Å²) in [5, 5.41) is 0. The molecule has 6 heteroatoms. The first-order valence-corrected chi connectivity index (χ1v) is 8.20. The summed E-state index contributed by atoms with van der Waals surface area (Å²) in [6.07, 6.45) is 2.11. The van der Waals surface area contributed by atoms with Gasteiger partial charge >= 0.3 is 0 Å². The molecule has 0 saturated carbocycles. The predicted octanol–water partition coefficient (Wildman–Crippen LogP) is 1.40. The van der Waals surface area contributed by atoms with E-state index in [0.29, 0.717) is 19.4 Å². The maximum absolute atomic E-state index is 12.8. The second kappa shape index (κ2) is 7.24. The number of likely N-dealkylation sites (N-methyl/N-ethyl adjacent to an activating group) is 1. The smallest absolute Gasteiger partial charge is 0.240 e. The first-order valence-electron chi connectivity index (χ1n) is 7.41. The molecular formula is C16H22BrN3O2. The lowest BCUT2D eigenvalue weighted by Crippen LogP contribution is -2.52. The van der Waals surface area contributed by atoms with E-state index in [9.17, 15) is 9.59 Å². The van der Waals surface area contributed by atoms with E-state index in [1.54, 1.807) is 4.90 Å². The standard InChI is InChI=1S/C16H22BrN3O2/c1-19(2)14(10-11-5-7-12(17)8-6-11)16(22)20-9-3-4-13(20)15(18)21/h5-8,13-14H,3-4,9-10H2,1-2H3,(H2,18,21). The number of halogens is 1. The van der Waals surface area contributed by atoms with Crippen LogP contribution in [0.4, 0.5) is 0 Å². The van der Waals surface area contributed by atoms with Gasteiger partial charge in [-0.1, -0.05) is 28.1 Å². The minimum Gasteiger partial charge on any atom is -0.368 e. The first-order chi connectivity index (χ1) is 10.4. The topological polar surface area (TPSA) is 66.6 Å². The van der Waals surface area contributed by atoms with Crippen LogP contribution in [-0.2, 0) is 16.0 Å². The molecule has 1 aliphatic heterocycles. The Morgan fingerprint density at radius 3 is 2.55 bits per heavy atom. The van der Waals surface area contributed by atoms with Gasteiger partial charge in [0, 0.05) is 11.0 Å². The van der Waals surface area contributed by atoms with E-state index in [2.05, 4.69) is 15.9 Å². The molecule has 1 saturated heterocycles. The molecule has 1 heterocycles. The minimum absolute atomic E-state index is 0.0192. The highest BCUT2D eigenvalue weighted by Gasteiger charge is 2.36. The number of likely N-dealkylation sites (tertiary alicyclic amines) is 1. The normalized spacial score (nSPS) is 19.5.